The third-order valence-corrected chi connectivity index (χ3v) is 11.8. The van der Waals surface area contributed by atoms with E-state index in [0.717, 1.165) is 83.5 Å². The molecule has 0 heterocycles. The van der Waals surface area contributed by atoms with Crippen molar-refractivity contribution in [3.63, 3.8) is 0 Å². The van der Waals surface area contributed by atoms with Crippen molar-refractivity contribution < 1.29 is 28.6 Å². The van der Waals surface area contributed by atoms with Crippen LogP contribution in [0.5, 0.6) is 0 Å². The van der Waals surface area contributed by atoms with Gasteiger partial charge in [0, 0.05) is 19.3 Å². The van der Waals surface area contributed by atoms with Gasteiger partial charge in [0.15, 0.2) is 6.10 Å². The van der Waals surface area contributed by atoms with Crippen molar-refractivity contribution in [2.24, 2.45) is 0 Å². The molecule has 0 rings (SSSR count). The van der Waals surface area contributed by atoms with Crippen molar-refractivity contribution in [1.82, 2.24) is 0 Å². The zero-order chi connectivity index (χ0) is 48.6. The Hall–Kier alpha value is -3.41. The third-order valence-electron chi connectivity index (χ3n) is 11.8. The molecule has 67 heavy (non-hydrogen) atoms. The molecule has 0 spiro atoms. The van der Waals surface area contributed by atoms with Crippen molar-refractivity contribution in [3.8, 4) is 0 Å². The number of ether oxygens (including phenoxy) is 3. The Morgan fingerprint density at radius 2 is 0.537 bits per heavy atom. The number of rotatable bonds is 50. The molecule has 0 aliphatic carbocycles. The molecule has 0 radical (unpaired) electrons. The van der Waals surface area contributed by atoms with E-state index in [9.17, 15) is 14.4 Å². The number of unbranched alkanes of at least 4 members (excludes halogenated alkanes) is 25. The number of hydrogen-bond acceptors (Lipinski definition) is 6. The van der Waals surface area contributed by atoms with Gasteiger partial charge < -0.3 is 14.2 Å². The standard InChI is InChI=1S/C61H104O6/c1-4-7-10-13-16-19-22-25-28-29-30-31-34-37-40-43-46-49-52-55-61(64)67-58(56-65-59(62)53-50-47-44-41-38-35-32-26-23-20-17-14-11-8-5-2)57-66-60(63)54-51-48-45-42-39-36-33-27-24-21-18-15-12-9-6-3/h17-18,20-21,25-28,32-33,38-39,41-42,58H,4-16,19,22-24,29-31,34-37,40,43-57H2,1-3H3/b20-17-,21-18-,28-25-,32-26-,33-27-,41-38-,42-39-. The van der Waals surface area contributed by atoms with Crippen molar-refractivity contribution >= 4 is 17.9 Å². The minimum absolute atomic E-state index is 0.109. The fourth-order valence-electron chi connectivity index (χ4n) is 7.57. The van der Waals surface area contributed by atoms with Crippen LogP contribution in [0.4, 0.5) is 0 Å². The summed E-state index contributed by atoms with van der Waals surface area (Å²) < 4.78 is 16.8. The predicted octanol–water partition coefficient (Wildman–Crippen LogP) is 18.8. The molecule has 0 unspecified atom stereocenters. The Morgan fingerprint density at radius 1 is 0.299 bits per heavy atom. The van der Waals surface area contributed by atoms with Crippen LogP contribution in [-0.2, 0) is 28.6 Å². The number of allylic oxidation sites excluding steroid dienone is 14. The lowest BCUT2D eigenvalue weighted by Gasteiger charge is -2.18. The number of esters is 3. The van der Waals surface area contributed by atoms with Crippen LogP contribution in [-0.4, -0.2) is 37.2 Å². The molecule has 0 saturated carbocycles. The van der Waals surface area contributed by atoms with E-state index >= 15 is 0 Å². The molecule has 0 aliphatic heterocycles. The summed E-state index contributed by atoms with van der Waals surface area (Å²) in [5.41, 5.74) is 0. The van der Waals surface area contributed by atoms with Crippen molar-refractivity contribution in [3.05, 3.63) is 85.1 Å². The first kappa shape index (κ1) is 63.6. The van der Waals surface area contributed by atoms with Crippen LogP contribution in [0.1, 0.15) is 265 Å². The van der Waals surface area contributed by atoms with E-state index in [1.54, 1.807) is 0 Å². The Morgan fingerprint density at radius 3 is 0.910 bits per heavy atom. The smallest absolute Gasteiger partial charge is 0.306 e. The van der Waals surface area contributed by atoms with Gasteiger partial charge in [0.05, 0.1) is 0 Å². The molecule has 6 heteroatoms. The molecule has 0 bridgehead atoms. The van der Waals surface area contributed by atoms with Gasteiger partial charge in [-0.05, 0) is 122 Å². The van der Waals surface area contributed by atoms with Crippen LogP contribution in [0.3, 0.4) is 0 Å². The summed E-state index contributed by atoms with van der Waals surface area (Å²) in [7, 11) is 0. The van der Waals surface area contributed by atoms with E-state index in [1.165, 1.54) is 141 Å². The third kappa shape index (κ3) is 53.4. The molecule has 0 saturated heterocycles. The first-order valence-electron chi connectivity index (χ1n) is 28.1. The minimum Gasteiger partial charge on any atom is -0.462 e. The van der Waals surface area contributed by atoms with Gasteiger partial charge in [-0.25, -0.2) is 0 Å². The van der Waals surface area contributed by atoms with E-state index in [2.05, 4.69) is 106 Å². The second-order valence-electron chi connectivity index (χ2n) is 18.5. The summed E-state index contributed by atoms with van der Waals surface area (Å²) in [4.78, 5) is 38.1. The predicted molar refractivity (Wildman–Crippen MR) is 288 cm³/mol. The second-order valence-corrected chi connectivity index (χ2v) is 18.5. The van der Waals surface area contributed by atoms with E-state index in [4.69, 9.17) is 14.2 Å². The van der Waals surface area contributed by atoms with Crippen LogP contribution >= 0.6 is 0 Å². The van der Waals surface area contributed by atoms with Gasteiger partial charge in [-0.3, -0.25) is 14.4 Å². The van der Waals surface area contributed by atoms with Crippen LogP contribution in [0.25, 0.3) is 0 Å². The fourth-order valence-corrected chi connectivity index (χ4v) is 7.57. The SMILES string of the molecule is CCCCC/C=C\C/C=C\C/C=C\CCCCC(=O)OCC(COC(=O)CCCC/C=C\C/C=C\C/C=C\CCCCC)OC(=O)CCCCCCCCCCC/C=C\CCCCCCCC. The Kier molecular flexibility index (Phi) is 52.4. The quantitative estimate of drug-likeness (QED) is 0.0262. The monoisotopic (exact) mass is 933 g/mol. The molecule has 0 aromatic heterocycles. The highest BCUT2D eigenvalue weighted by atomic mass is 16.6. The van der Waals surface area contributed by atoms with Crippen LogP contribution in [0, 0.1) is 0 Å². The van der Waals surface area contributed by atoms with Crippen molar-refractivity contribution in [1.29, 1.82) is 0 Å². The normalized spacial score (nSPS) is 12.3. The van der Waals surface area contributed by atoms with Gasteiger partial charge in [-0.1, -0.05) is 209 Å². The summed E-state index contributed by atoms with van der Waals surface area (Å²) in [6.45, 7) is 6.52. The van der Waals surface area contributed by atoms with Gasteiger partial charge in [0.1, 0.15) is 13.2 Å². The van der Waals surface area contributed by atoms with Crippen molar-refractivity contribution in [2.45, 2.75) is 271 Å². The summed E-state index contributed by atoms with van der Waals surface area (Å²) in [5.74, 6) is -0.981. The highest BCUT2D eigenvalue weighted by Gasteiger charge is 2.19. The van der Waals surface area contributed by atoms with Gasteiger partial charge >= 0.3 is 17.9 Å². The first-order chi connectivity index (χ1) is 33.0. The largest absolute Gasteiger partial charge is 0.462 e. The molecule has 0 amide bonds. The highest BCUT2D eigenvalue weighted by molar-refractivity contribution is 5.71. The second kappa shape index (κ2) is 55.2. The Balaban J connectivity index is 4.48. The summed E-state index contributed by atoms with van der Waals surface area (Å²) in [6, 6.07) is 0. The average molecular weight is 933 g/mol. The van der Waals surface area contributed by atoms with Crippen LogP contribution < -0.4 is 0 Å². The summed E-state index contributed by atoms with van der Waals surface area (Å²) >= 11 is 0. The topological polar surface area (TPSA) is 78.9 Å². The summed E-state index contributed by atoms with van der Waals surface area (Å²) in [6.07, 6.45) is 71.4. The molecule has 0 aromatic carbocycles. The van der Waals surface area contributed by atoms with Gasteiger partial charge in [-0.15, -0.1) is 0 Å². The maximum atomic E-state index is 12.8. The molecule has 6 nitrogen and oxygen atoms in total. The molecular weight excluding hydrogens is 829 g/mol. The maximum Gasteiger partial charge on any atom is 0.306 e. The van der Waals surface area contributed by atoms with E-state index in [1.807, 2.05) is 0 Å². The highest BCUT2D eigenvalue weighted by Crippen LogP contribution is 2.14. The molecule has 384 valence electrons. The molecule has 0 aliphatic rings. The van der Waals surface area contributed by atoms with Gasteiger partial charge in [0.2, 0.25) is 0 Å². The zero-order valence-electron chi connectivity index (χ0n) is 43.9. The fraction of sp³-hybridized carbons (Fsp3) is 0.721. The van der Waals surface area contributed by atoms with Crippen LogP contribution in [0.2, 0.25) is 0 Å². The Bertz CT molecular complexity index is 1230. The van der Waals surface area contributed by atoms with E-state index in [-0.39, 0.29) is 31.1 Å². The van der Waals surface area contributed by atoms with Crippen molar-refractivity contribution in [2.75, 3.05) is 13.2 Å². The average Bonchev–Trinajstić information content (AvgIpc) is 3.33. The van der Waals surface area contributed by atoms with E-state index < -0.39 is 6.10 Å². The Labute approximate surface area is 414 Å². The molecule has 0 atom stereocenters. The van der Waals surface area contributed by atoms with Crippen LogP contribution in [0.15, 0.2) is 85.1 Å². The molecule has 0 N–H and O–H groups in total. The van der Waals surface area contributed by atoms with Gasteiger partial charge in [-0.2, -0.15) is 0 Å². The lowest BCUT2D eigenvalue weighted by molar-refractivity contribution is -0.167. The molecule has 0 fully saturated rings. The van der Waals surface area contributed by atoms with E-state index in [0.29, 0.717) is 19.3 Å². The minimum atomic E-state index is -0.809. The molecule has 0 aromatic rings. The lowest BCUT2D eigenvalue weighted by Crippen LogP contribution is -2.30. The first-order valence-corrected chi connectivity index (χ1v) is 28.1. The summed E-state index contributed by atoms with van der Waals surface area (Å²) in [5, 5.41) is 0. The lowest BCUT2D eigenvalue weighted by atomic mass is 10.1. The number of carbonyl (C=O) groups excluding carboxylic acids is 3. The maximum absolute atomic E-state index is 12.8. The molecular formula is C61H104O6. The zero-order valence-corrected chi connectivity index (χ0v) is 43.9. The number of hydrogen-bond donors (Lipinski definition) is 0. The number of carbonyl (C=O) groups is 3. The van der Waals surface area contributed by atoms with Gasteiger partial charge in [0.25, 0.3) is 0 Å².